The molecule has 14 rings (SSSR count). The minimum atomic E-state index is -0.400. The minimum absolute atomic E-state index is 0.400. The number of benzene rings is 9. The smallest absolute Gasteiger partial charge is 0.160 e. The van der Waals surface area contributed by atoms with Crippen LogP contribution in [0.2, 0.25) is 0 Å². The molecule has 9 aromatic carbocycles. The lowest BCUT2D eigenvalue weighted by atomic mass is 9.70. The molecule has 63 heavy (non-hydrogen) atoms. The highest BCUT2D eigenvalue weighted by atomic mass is 16.3. The van der Waals surface area contributed by atoms with Crippen LogP contribution >= 0.6 is 0 Å². The van der Waals surface area contributed by atoms with E-state index in [2.05, 4.69) is 199 Å². The van der Waals surface area contributed by atoms with Gasteiger partial charge in [0.05, 0.1) is 27.8 Å². The number of para-hydroxylation sites is 2. The van der Waals surface area contributed by atoms with Gasteiger partial charge in [-0.15, -0.1) is 0 Å². The van der Waals surface area contributed by atoms with Crippen LogP contribution in [-0.4, -0.2) is 14.5 Å². The molecule has 0 amide bonds. The van der Waals surface area contributed by atoms with Gasteiger partial charge in [-0.1, -0.05) is 152 Å². The largest absolute Gasteiger partial charge is 0.456 e. The summed E-state index contributed by atoms with van der Waals surface area (Å²) in [6.45, 7) is 0. The van der Waals surface area contributed by atoms with Gasteiger partial charge in [0.15, 0.2) is 5.82 Å². The van der Waals surface area contributed by atoms with Gasteiger partial charge in [-0.05, 0) is 105 Å². The molecule has 0 bridgehead atoms. The second kappa shape index (κ2) is 12.8. The van der Waals surface area contributed by atoms with Gasteiger partial charge in [-0.25, -0.2) is 9.97 Å². The van der Waals surface area contributed by atoms with Crippen LogP contribution in [0, 0.1) is 0 Å². The van der Waals surface area contributed by atoms with Crippen LogP contribution in [0.5, 0.6) is 0 Å². The first-order valence-electron chi connectivity index (χ1n) is 21.6. The maximum absolute atomic E-state index is 6.30. The zero-order valence-electron chi connectivity index (χ0n) is 34.0. The molecule has 0 saturated carbocycles. The van der Waals surface area contributed by atoms with Gasteiger partial charge in [0.25, 0.3) is 0 Å². The summed E-state index contributed by atoms with van der Waals surface area (Å²) >= 11 is 0. The molecular formula is C59H35N3O. The van der Waals surface area contributed by atoms with Crippen molar-refractivity contribution in [2.24, 2.45) is 0 Å². The van der Waals surface area contributed by atoms with E-state index >= 15 is 0 Å². The number of nitrogens with zero attached hydrogens (tertiary/aromatic N) is 3. The van der Waals surface area contributed by atoms with Gasteiger partial charge in [0.1, 0.15) is 11.2 Å². The van der Waals surface area contributed by atoms with Crippen LogP contribution in [0.1, 0.15) is 22.3 Å². The SMILES string of the molecule is c1ccc(-c2cc(-c3ccc4c(c3)oc3ccccc34)nc(-c3ccc(-n4c5ccccc5c5c6c(ccc54)C4(c5ccccc5-c5ccccc54)c4ccccc4-6)cc3)n2)cc1. The van der Waals surface area contributed by atoms with Crippen LogP contribution in [0.15, 0.2) is 217 Å². The summed E-state index contributed by atoms with van der Waals surface area (Å²) in [5, 5.41) is 4.72. The quantitative estimate of drug-likeness (QED) is 0.178. The lowest BCUT2D eigenvalue weighted by Gasteiger charge is -2.30. The van der Waals surface area contributed by atoms with Gasteiger partial charge in [0.2, 0.25) is 0 Å². The topological polar surface area (TPSA) is 43.9 Å². The summed E-state index contributed by atoms with van der Waals surface area (Å²) in [6.07, 6.45) is 0. The highest BCUT2D eigenvalue weighted by molar-refractivity contribution is 6.19. The van der Waals surface area contributed by atoms with E-state index in [1.165, 1.54) is 66.3 Å². The molecule has 0 unspecified atom stereocenters. The Morgan fingerprint density at radius 2 is 0.968 bits per heavy atom. The maximum atomic E-state index is 6.30. The lowest BCUT2D eigenvalue weighted by molar-refractivity contribution is 0.669. The Hall–Kier alpha value is -8.34. The normalized spacial score (nSPS) is 13.2. The summed E-state index contributed by atoms with van der Waals surface area (Å²) in [5.41, 5.74) is 20.1. The van der Waals surface area contributed by atoms with E-state index < -0.39 is 5.41 Å². The van der Waals surface area contributed by atoms with Crippen molar-refractivity contribution in [2.45, 2.75) is 5.41 Å². The first kappa shape index (κ1) is 34.4. The molecule has 0 saturated heterocycles. The van der Waals surface area contributed by atoms with E-state index in [-0.39, 0.29) is 0 Å². The number of hydrogen-bond donors (Lipinski definition) is 0. The van der Waals surface area contributed by atoms with Crippen LogP contribution in [0.4, 0.5) is 0 Å². The predicted molar refractivity (Wildman–Crippen MR) is 256 cm³/mol. The molecule has 1 spiro atoms. The Kier molecular flexibility index (Phi) is 7.01. The van der Waals surface area contributed by atoms with E-state index in [9.17, 15) is 0 Å². The highest BCUT2D eigenvalue weighted by Gasteiger charge is 2.52. The van der Waals surface area contributed by atoms with E-state index in [0.717, 1.165) is 55.7 Å². The van der Waals surface area contributed by atoms with E-state index in [4.69, 9.17) is 14.4 Å². The second-order valence-electron chi connectivity index (χ2n) is 16.8. The van der Waals surface area contributed by atoms with Crippen molar-refractivity contribution in [1.29, 1.82) is 0 Å². The predicted octanol–water partition coefficient (Wildman–Crippen LogP) is 14.8. The lowest BCUT2D eigenvalue weighted by Crippen LogP contribution is -2.25. The molecule has 12 aromatic rings. The van der Waals surface area contributed by atoms with Crippen molar-refractivity contribution >= 4 is 43.7 Å². The number of hydrogen-bond acceptors (Lipinski definition) is 3. The third-order valence-corrected chi connectivity index (χ3v) is 13.6. The van der Waals surface area contributed by atoms with Crippen molar-refractivity contribution in [3.8, 4) is 61.8 Å². The van der Waals surface area contributed by atoms with E-state index in [1.54, 1.807) is 0 Å². The monoisotopic (exact) mass is 801 g/mol. The Labute approximate surface area is 363 Å². The molecular weight excluding hydrogens is 767 g/mol. The molecule has 0 N–H and O–H groups in total. The molecule has 4 heteroatoms. The van der Waals surface area contributed by atoms with Crippen molar-refractivity contribution in [1.82, 2.24) is 14.5 Å². The van der Waals surface area contributed by atoms with Crippen molar-refractivity contribution in [2.75, 3.05) is 0 Å². The number of rotatable bonds is 4. The van der Waals surface area contributed by atoms with Gasteiger partial charge < -0.3 is 8.98 Å². The fourth-order valence-corrected chi connectivity index (χ4v) is 11.0. The molecule has 4 nitrogen and oxygen atoms in total. The summed E-state index contributed by atoms with van der Waals surface area (Å²) in [5.74, 6) is 0.668. The Balaban J connectivity index is 0.940. The van der Waals surface area contributed by atoms with Crippen LogP contribution in [0.3, 0.4) is 0 Å². The fraction of sp³-hybridized carbons (Fsp3) is 0.0169. The number of fused-ring (bicyclic) bond motifs is 17. The second-order valence-corrected chi connectivity index (χ2v) is 16.8. The van der Waals surface area contributed by atoms with Crippen molar-refractivity contribution in [3.63, 3.8) is 0 Å². The summed E-state index contributed by atoms with van der Waals surface area (Å²) in [4.78, 5) is 10.4. The van der Waals surface area contributed by atoms with Gasteiger partial charge in [0, 0.05) is 43.9 Å². The molecule has 0 aliphatic heterocycles. The molecule has 2 aliphatic carbocycles. The van der Waals surface area contributed by atoms with Gasteiger partial charge >= 0.3 is 0 Å². The fourth-order valence-electron chi connectivity index (χ4n) is 11.0. The Morgan fingerprint density at radius 1 is 0.381 bits per heavy atom. The Bertz CT molecular complexity index is 3810. The first-order chi connectivity index (χ1) is 31.2. The van der Waals surface area contributed by atoms with Crippen molar-refractivity contribution < 1.29 is 4.42 Å². The molecule has 3 heterocycles. The third kappa shape index (κ3) is 4.69. The summed E-state index contributed by atoms with van der Waals surface area (Å²) < 4.78 is 8.73. The zero-order chi connectivity index (χ0) is 41.2. The zero-order valence-corrected chi connectivity index (χ0v) is 34.0. The highest BCUT2D eigenvalue weighted by Crippen LogP contribution is 2.64. The number of aromatic nitrogens is 3. The average molecular weight is 802 g/mol. The van der Waals surface area contributed by atoms with E-state index in [0.29, 0.717) is 5.82 Å². The molecule has 292 valence electrons. The number of furan rings is 1. The molecule has 0 radical (unpaired) electrons. The van der Waals surface area contributed by atoms with Crippen molar-refractivity contribution in [3.05, 3.63) is 235 Å². The summed E-state index contributed by atoms with van der Waals surface area (Å²) in [6, 6.07) is 76.5. The van der Waals surface area contributed by atoms with Crippen LogP contribution in [-0.2, 0) is 5.41 Å². The molecule has 0 fully saturated rings. The molecule has 3 aromatic heterocycles. The third-order valence-electron chi connectivity index (χ3n) is 13.6. The van der Waals surface area contributed by atoms with Crippen LogP contribution < -0.4 is 0 Å². The average Bonchev–Trinajstić information content (AvgIpc) is 4.08. The first-order valence-corrected chi connectivity index (χ1v) is 21.6. The van der Waals surface area contributed by atoms with Gasteiger partial charge in [-0.2, -0.15) is 0 Å². The Morgan fingerprint density at radius 3 is 1.73 bits per heavy atom. The summed E-state index contributed by atoms with van der Waals surface area (Å²) in [7, 11) is 0. The minimum Gasteiger partial charge on any atom is -0.456 e. The van der Waals surface area contributed by atoms with E-state index in [1.807, 2.05) is 18.2 Å². The maximum Gasteiger partial charge on any atom is 0.160 e. The van der Waals surface area contributed by atoms with Crippen LogP contribution in [0.25, 0.3) is 106 Å². The standard InChI is InChI=1S/C59H35N3O/c1-2-14-36(15-3-1)50-35-51(38-28-31-43-42-18-8-13-25-54(42)63-55(43)34-38)61-58(60-50)37-26-29-39(30-27-37)62-52-24-12-7-20-45(52)57-53(62)33-32-49-56(57)44-19-6-11-23-48(44)59(49)46-21-9-4-16-40(46)41-17-5-10-22-47(41)59/h1-35H. The van der Waals surface area contributed by atoms with Gasteiger partial charge in [-0.3, -0.25) is 0 Å². The molecule has 0 atom stereocenters. The molecule has 2 aliphatic rings.